The van der Waals surface area contributed by atoms with Gasteiger partial charge in [-0.05, 0) is 24.3 Å². The molecule has 4 aromatic carbocycles. The van der Waals surface area contributed by atoms with Gasteiger partial charge in [0, 0.05) is 16.7 Å². The smallest absolute Gasteiger partial charge is 0.174 e. The lowest BCUT2D eigenvalue weighted by atomic mass is 10.1. The fourth-order valence-electron chi connectivity index (χ4n) is 3.99. The zero-order valence-corrected chi connectivity index (χ0v) is 19.5. The molecule has 0 saturated heterocycles. The molecular weight excluding hydrogens is 452 g/mol. The van der Waals surface area contributed by atoms with Crippen LogP contribution in [0.3, 0.4) is 0 Å². The van der Waals surface area contributed by atoms with Crippen LogP contribution in [0.1, 0.15) is 11.4 Å². The van der Waals surface area contributed by atoms with Crippen LogP contribution < -0.4 is 0 Å². The predicted octanol–water partition coefficient (Wildman–Crippen LogP) is 6.88. The Labute approximate surface area is 204 Å². The van der Waals surface area contributed by atoms with Crippen LogP contribution in [0, 0.1) is 0 Å². The summed E-state index contributed by atoms with van der Waals surface area (Å²) < 4.78 is 19.4. The minimum Gasteiger partial charge on any atom is -0.239 e. The molecule has 0 radical (unpaired) electrons. The maximum absolute atomic E-state index is 14.7. The van der Waals surface area contributed by atoms with E-state index in [9.17, 15) is 4.21 Å². The highest BCUT2D eigenvalue weighted by Crippen LogP contribution is 2.40. The second-order valence-corrected chi connectivity index (χ2v) is 10.2. The summed E-state index contributed by atoms with van der Waals surface area (Å²) in [5.41, 5.74) is 3.27. The monoisotopic (exact) mass is 472 g/mol. The van der Waals surface area contributed by atoms with Gasteiger partial charge in [0.05, 0.1) is 15.5 Å². The lowest BCUT2D eigenvalue weighted by molar-refractivity contribution is 0.683. The van der Waals surface area contributed by atoms with Gasteiger partial charge in [0.15, 0.2) is 17.5 Å². The number of aromatic nitrogens is 3. The second-order valence-electron chi connectivity index (χ2n) is 8.04. The average Bonchev–Trinajstić information content (AvgIpc) is 2.94. The normalized spacial score (nSPS) is 16.6. The van der Waals surface area contributed by atoms with Gasteiger partial charge >= 0.3 is 0 Å². The van der Waals surface area contributed by atoms with Crippen LogP contribution in [0.15, 0.2) is 125 Å². The molecule has 1 atom stereocenters. The Morgan fingerprint density at radius 3 is 1.60 bits per heavy atom. The maximum Gasteiger partial charge on any atom is 0.174 e. The van der Waals surface area contributed by atoms with Crippen LogP contribution in [-0.2, 0) is 9.73 Å². The first-order valence-electron chi connectivity index (χ1n) is 11.2. The largest absolute Gasteiger partial charge is 0.239 e. The summed E-state index contributed by atoms with van der Waals surface area (Å²) in [6.45, 7) is 0. The number of hydrogen-bond acceptors (Lipinski definition) is 5. The lowest BCUT2D eigenvalue weighted by Gasteiger charge is -2.19. The fourth-order valence-corrected chi connectivity index (χ4v) is 6.05. The summed E-state index contributed by atoms with van der Waals surface area (Å²) in [6, 6.07) is 36.5. The molecule has 0 fully saturated rings. The van der Waals surface area contributed by atoms with Crippen molar-refractivity contribution in [2.75, 3.05) is 0 Å². The van der Waals surface area contributed by atoms with Gasteiger partial charge in [-0.15, -0.1) is 0 Å². The van der Waals surface area contributed by atoms with Crippen molar-refractivity contribution in [1.29, 1.82) is 0 Å². The van der Waals surface area contributed by atoms with E-state index in [1.54, 1.807) is 0 Å². The Balaban J connectivity index is 1.64. The van der Waals surface area contributed by atoms with Gasteiger partial charge in [-0.3, -0.25) is 0 Å². The predicted molar refractivity (Wildman–Crippen MR) is 140 cm³/mol. The minimum atomic E-state index is -3.04. The van der Waals surface area contributed by atoms with Gasteiger partial charge in [0.25, 0.3) is 0 Å². The Kier molecular flexibility index (Phi) is 5.28. The number of nitrogens with zero attached hydrogens (tertiary/aromatic N) is 4. The van der Waals surface area contributed by atoms with Crippen molar-refractivity contribution >= 4 is 26.4 Å². The van der Waals surface area contributed by atoms with Crippen molar-refractivity contribution in [2.45, 2.75) is 4.90 Å². The Morgan fingerprint density at radius 2 is 1.00 bits per heavy atom. The van der Waals surface area contributed by atoms with E-state index >= 15 is 0 Å². The number of fused-ring (bicyclic) bond motifs is 1. The van der Waals surface area contributed by atoms with Crippen molar-refractivity contribution in [1.82, 2.24) is 15.0 Å². The highest BCUT2D eigenvalue weighted by atomic mass is 32.2. The molecule has 0 bridgehead atoms. The quantitative estimate of drug-likeness (QED) is 0.286. The molecule has 35 heavy (non-hydrogen) atoms. The molecular formula is C29H20N4OS. The van der Waals surface area contributed by atoms with Gasteiger partial charge in [0.2, 0.25) is 0 Å². The zero-order chi connectivity index (χ0) is 23.7. The van der Waals surface area contributed by atoms with Gasteiger partial charge in [-0.1, -0.05) is 97.1 Å². The highest BCUT2D eigenvalue weighted by Gasteiger charge is 2.28. The summed E-state index contributed by atoms with van der Waals surface area (Å²) in [4.78, 5) is 15.5. The van der Waals surface area contributed by atoms with Crippen LogP contribution in [-0.4, -0.2) is 19.2 Å². The van der Waals surface area contributed by atoms with Crippen molar-refractivity contribution in [3.05, 3.63) is 127 Å². The molecule has 0 N–H and O–H groups in total. The van der Waals surface area contributed by atoms with E-state index in [-0.39, 0.29) is 0 Å². The summed E-state index contributed by atoms with van der Waals surface area (Å²) >= 11 is 0. The lowest BCUT2D eigenvalue weighted by Crippen LogP contribution is -2.11. The SMILES string of the molecule is O=S1(c2ccccc2)=Nc2ccccc2C=C1c1nc(-c2ccccc2)nc(-c2ccccc2)n1. The molecule has 5 nitrogen and oxygen atoms in total. The topological polar surface area (TPSA) is 68.1 Å². The molecule has 168 valence electrons. The number of benzene rings is 4. The molecule has 1 aliphatic rings. The molecule has 1 aromatic heterocycles. The fraction of sp³-hybridized carbons (Fsp3) is 0. The summed E-state index contributed by atoms with van der Waals surface area (Å²) in [5.74, 6) is 1.39. The van der Waals surface area contributed by atoms with Crippen LogP contribution in [0.5, 0.6) is 0 Å². The molecule has 0 spiro atoms. The molecule has 2 heterocycles. The van der Waals surface area contributed by atoms with Gasteiger partial charge in [-0.25, -0.2) is 19.2 Å². The second kappa shape index (κ2) is 8.74. The Morgan fingerprint density at radius 1 is 0.514 bits per heavy atom. The van der Waals surface area contributed by atoms with Crippen LogP contribution >= 0.6 is 0 Å². The molecule has 6 rings (SSSR count). The molecule has 1 unspecified atom stereocenters. The van der Waals surface area contributed by atoms with Crippen molar-refractivity contribution in [3.8, 4) is 22.8 Å². The van der Waals surface area contributed by atoms with E-state index in [1.165, 1.54) is 0 Å². The number of hydrogen-bond donors (Lipinski definition) is 0. The molecule has 5 aromatic rings. The first-order chi connectivity index (χ1) is 17.2. The van der Waals surface area contributed by atoms with Crippen LogP contribution in [0.25, 0.3) is 33.8 Å². The van der Waals surface area contributed by atoms with E-state index in [0.717, 1.165) is 16.7 Å². The minimum absolute atomic E-state index is 0.352. The Hall–Kier alpha value is -4.42. The molecule has 0 aliphatic carbocycles. The molecule has 0 saturated carbocycles. The highest BCUT2D eigenvalue weighted by molar-refractivity contribution is 8.03. The average molecular weight is 473 g/mol. The third-order valence-corrected chi connectivity index (χ3v) is 7.99. The molecule has 0 amide bonds. The molecule has 1 aliphatic heterocycles. The van der Waals surface area contributed by atoms with Gasteiger partial charge in [0.1, 0.15) is 9.73 Å². The van der Waals surface area contributed by atoms with Crippen molar-refractivity contribution < 1.29 is 4.21 Å². The van der Waals surface area contributed by atoms with Crippen LogP contribution in [0.2, 0.25) is 0 Å². The van der Waals surface area contributed by atoms with E-state index < -0.39 is 9.73 Å². The van der Waals surface area contributed by atoms with E-state index in [0.29, 0.717) is 33.0 Å². The van der Waals surface area contributed by atoms with Gasteiger partial charge < -0.3 is 0 Å². The Bertz CT molecular complexity index is 1620. The maximum atomic E-state index is 14.7. The van der Waals surface area contributed by atoms with E-state index in [4.69, 9.17) is 19.3 Å². The zero-order valence-electron chi connectivity index (χ0n) is 18.7. The first kappa shape index (κ1) is 21.1. The summed E-state index contributed by atoms with van der Waals surface area (Å²) in [5, 5.41) is 0. The number of rotatable bonds is 4. The van der Waals surface area contributed by atoms with Crippen molar-refractivity contribution in [3.63, 3.8) is 0 Å². The van der Waals surface area contributed by atoms with Gasteiger partial charge in [-0.2, -0.15) is 4.36 Å². The molecule has 6 heteroatoms. The van der Waals surface area contributed by atoms with Crippen molar-refractivity contribution in [2.24, 2.45) is 4.36 Å². The summed E-state index contributed by atoms with van der Waals surface area (Å²) in [6.07, 6.45) is 1.90. The van der Waals surface area contributed by atoms with E-state index in [2.05, 4.69) is 0 Å². The third-order valence-electron chi connectivity index (χ3n) is 5.73. The van der Waals surface area contributed by atoms with E-state index in [1.807, 2.05) is 121 Å². The first-order valence-corrected chi connectivity index (χ1v) is 12.7. The standard InChI is InChI=1S/C29H20N4OS/c34-35(24-17-8-3-9-18-24)26(20-23-16-10-11-19-25(23)33-35)29-31-27(21-12-4-1-5-13-21)30-28(32-29)22-14-6-2-7-15-22/h1-20H. The summed E-state index contributed by atoms with van der Waals surface area (Å²) in [7, 11) is -3.04. The third kappa shape index (κ3) is 3.94. The van der Waals surface area contributed by atoms with Crippen LogP contribution in [0.4, 0.5) is 5.69 Å².